The fraction of sp³-hybridized carbons (Fsp3) is 0.594. The summed E-state index contributed by atoms with van der Waals surface area (Å²) in [4.78, 5) is 123. The molecule has 6 heterocycles. The van der Waals surface area contributed by atoms with Crippen molar-refractivity contribution in [2.24, 2.45) is 23.5 Å². The number of ether oxygens (including phenoxy) is 9. The van der Waals surface area contributed by atoms with Crippen LogP contribution in [0.1, 0.15) is 94.4 Å². The molecule has 29 heteroatoms. The van der Waals surface area contributed by atoms with Crippen molar-refractivity contribution in [3.63, 3.8) is 0 Å². The Morgan fingerprint density at radius 1 is 0.742 bits per heavy atom. The van der Waals surface area contributed by atoms with Crippen LogP contribution >= 0.6 is 11.8 Å². The molecule has 4 aliphatic heterocycles. The number of thioether (sulfide) groups is 1. The number of rotatable bonds is 41. The predicted octanol–water partition coefficient (Wildman–Crippen LogP) is 2.54. The zero-order valence-corrected chi connectivity index (χ0v) is 53.9. The van der Waals surface area contributed by atoms with E-state index < -0.39 is 47.4 Å². The Hall–Kier alpha value is -7.19. The minimum atomic E-state index is -1.98. The normalized spacial score (nSPS) is 18.5. The summed E-state index contributed by atoms with van der Waals surface area (Å²) < 4.78 is 51.2. The highest BCUT2D eigenvalue weighted by Gasteiger charge is 2.46. The molecule has 508 valence electrons. The maximum atomic E-state index is 14.3. The summed E-state index contributed by atoms with van der Waals surface area (Å²) in [6, 6.07) is 2.26. The number of nitrogens with zero attached hydrogens (tertiary/aromatic N) is 3. The summed E-state index contributed by atoms with van der Waals surface area (Å²) in [6.07, 6.45) is 7.94. The standard InChI is InChI=1S/C64H87N9O19S/c1-4-64(83)46-36-50-56-44(38-72(50)61(80)45(46)39-92-62(64)81)43-16-35-93-57-48(12-11-47(68-56)54(43)57)69-59(78)49(6-5-17-67-63(65)82)70-60(79)55(40(2)3)71-51(74)15-19-84-21-23-86-25-27-88-29-31-90-33-34-91-32-30-89-28-26-87-24-22-85-20-18-66-58(77)42-9-7-41(8-10-42)37-73-52(75)13-14-53(73)76/h11-14,16,35-36,40-42,49,55,83H,4-10,15,17-34,37-39H2,1-3H3,(H,66,77)(H,69,78)(H,70,79)(H,71,74)(H3,65,67,82)/t41?,42?,49-,55-,64-/m0/s1. The van der Waals surface area contributed by atoms with Gasteiger partial charge in [0.25, 0.3) is 17.4 Å². The first-order chi connectivity index (χ1) is 45.0. The number of cyclic esters (lactones) is 1. The highest BCUT2D eigenvalue weighted by molar-refractivity contribution is 8.02. The number of hydrogen-bond acceptors (Lipinski definition) is 21. The molecular formula is C64H87N9O19S. The Labute approximate surface area is 543 Å². The van der Waals surface area contributed by atoms with Gasteiger partial charge in [0.2, 0.25) is 23.6 Å². The van der Waals surface area contributed by atoms with Gasteiger partial charge in [0, 0.05) is 65.5 Å². The van der Waals surface area contributed by atoms with Gasteiger partial charge in [-0.15, -0.1) is 0 Å². The van der Waals surface area contributed by atoms with E-state index in [0.717, 1.165) is 42.2 Å². The molecule has 8 N–H and O–H groups in total. The largest absolute Gasteiger partial charge is 0.458 e. The average Bonchev–Trinajstić information content (AvgIpc) is 1.62. The lowest BCUT2D eigenvalue weighted by Gasteiger charge is -2.31. The van der Waals surface area contributed by atoms with E-state index >= 15 is 0 Å². The number of pyridine rings is 2. The van der Waals surface area contributed by atoms with Crippen molar-refractivity contribution in [3.05, 3.63) is 68.4 Å². The van der Waals surface area contributed by atoms with E-state index in [2.05, 4.69) is 26.6 Å². The van der Waals surface area contributed by atoms with Crippen molar-refractivity contribution < 1.29 is 86.1 Å². The molecule has 3 atom stereocenters. The average molecular weight is 1320 g/mol. The van der Waals surface area contributed by atoms with E-state index in [1.807, 2.05) is 11.5 Å². The van der Waals surface area contributed by atoms with Gasteiger partial charge >= 0.3 is 12.0 Å². The van der Waals surface area contributed by atoms with Crippen LogP contribution in [-0.2, 0) is 94.9 Å². The molecule has 0 spiro atoms. The van der Waals surface area contributed by atoms with Crippen LogP contribution < -0.4 is 37.9 Å². The Balaban J connectivity index is 0.636. The van der Waals surface area contributed by atoms with Gasteiger partial charge in [0.15, 0.2) is 5.60 Å². The number of nitrogens with one attached hydrogen (secondary N) is 5. The smallest absolute Gasteiger partial charge is 0.343 e. The number of hydrogen-bond donors (Lipinski definition) is 7. The van der Waals surface area contributed by atoms with Gasteiger partial charge < -0.3 is 84.6 Å². The zero-order chi connectivity index (χ0) is 66.3. The van der Waals surface area contributed by atoms with E-state index in [4.69, 9.17) is 53.3 Å². The minimum absolute atomic E-state index is 0.00932. The Bertz CT molecular complexity index is 3240. The van der Waals surface area contributed by atoms with Crippen molar-refractivity contribution in [2.45, 2.75) is 108 Å². The molecule has 0 radical (unpaired) electrons. The second kappa shape index (κ2) is 35.9. The molecule has 8 amide bonds. The number of urea groups is 1. The molecule has 1 fully saturated rings. The molecule has 3 aromatic rings. The van der Waals surface area contributed by atoms with Gasteiger partial charge in [0.1, 0.15) is 18.7 Å². The number of amides is 8. The molecule has 28 nitrogen and oxygen atoms in total. The number of primary amides is 1. The molecule has 5 aliphatic rings. The first kappa shape index (κ1) is 71.7. The summed E-state index contributed by atoms with van der Waals surface area (Å²) in [5.74, 6) is -3.11. The zero-order valence-electron chi connectivity index (χ0n) is 53.1. The third-order valence-electron chi connectivity index (χ3n) is 16.6. The van der Waals surface area contributed by atoms with E-state index in [-0.39, 0.29) is 117 Å². The summed E-state index contributed by atoms with van der Waals surface area (Å²) >= 11 is 1.36. The number of aromatic nitrogens is 2. The lowest BCUT2D eigenvalue weighted by atomic mass is 9.81. The Morgan fingerprint density at radius 3 is 1.91 bits per heavy atom. The monoisotopic (exact) mass is 1320 g/mol. The van der Waals surface area contributed by atoms with Gasteiger partial charge in [-0.1, -0.05) is 32.5 Å². The van der Waals surface area contributed by atoms with Crippen molar-refractivity contribution in [2.75, 3.05) is 131 Å². The summed E-state index contributed by atoms with van der Waals surface area (Å²) in [5, 5.41) is 28.0. The van der Waals surface area contributed by atoms with Crippen LogP contribution in [0.15, 0.2) is 45.4 Å². The third kappa shape index (κ3) is 19.7. The number of esters is 1. The number of benzene rings is 1. The maximum absolute atomic E-state index is 14.3. The van der Waals surface area contributed by atoms with Gasteiger partial charge in [0.05, 0.1) is 140 Å². The number of anilines is 1. The van der Waals surface area contributed by atoms with Gasteiger partial charge in [-0.2, -0.15) is 0 Å². The molecule has 1 saturated carbocycles. The molecule has 8 rings (SSSR count). The van der Waals surface area contributed by atoms with Crippen LogP contribution in [-0.4, -0.2) is 204 Å². The summed E-state index contributed by atoms with van der Waals surface area (Å²) in [6.45, 7) is 11.7. The van der Waals surface area contributed by atoms with Crippen LogP contribution in [0.5, 0.6) is 0 Å². The van der Waals surface area contributed by atoms with Crippen LogP contribution in [0, 0.1) is 17.8 Å². The summed E-state index contributed by atoms with van der Waals surface area (Å²) in [5.41, 5.74) is 6.91. The Morgan fingerprint density at radius 2 is 1.33 bits per heavy atom. The first-order valence-corrected chi connectivity index (χ1v) is 32.7. The molecule has 93 heavy (non-hydrogen) atoms. The number of carbonyl (C=O) groups excluding carboxylic acids is 8. The number of imide groups is 1. The van der Waals surface area contributed by atoms with E-state index in [0.29, 0.717) is 126 Å². The van der Waals surface area contributed by atoms with E-state index in [1.165, 1.54) is 28.8 Å². The van der Waals surface area contributed by atoms with Crippen molar-refractivity contribution in [1.82, 2.24) is 35.7 Å². The fourth-order valence-electron chi connectivity index (χ4n) is 11.5. The maximum Gasteiger partial charge on any atom is 0.343 e. The number of fused-ring (bicyclic) bond motifs is 5. The molecule has 0 saturated heterocycles. The summed E-state index contributed by atoms with van der Waals surface area (Å²) in [7, 11) is 0. The molecular weight excluding hydrogens is 1230 g/mol. The molecule has 2 aromatic heterocycles. The lowest BCUT2D eigenvalue weighted by molar-refractivity contribution is -0.172. The number of carbonyl (C=O) groups is 8. The van der Waals surface area contributed by atoms with Crippen LogP contribution in [0.25, 0.3) is 28.4 Å². The van der Waals surface area contributed by atoms with Crippen molar-refractivity contribution >= 4 is 81.9 Å². The van der Waals surface area contributed by atoms with E-state index in [1.54, 1.807) is 43.5 Å². The predicted molar refractivity (Wildman–Crippen MR) is 339 cm³/mol. The van der Waals surface area contributed by atoms with Crippen molar-refractivity contribution in [1.29, 1.82) is 0 Å². The van der Waals surface area contributed by atoms with Crippen LogP contribution in [0.4, 0.5) is 10.5 Å². The first-order valence-electron chi connectivity index (χ1n) is 31.9. The fourth-order valence-corrected chi connectivity index (χ4v) is 12.4. The molecule has 1 aliphatic carbocycles. The highest BCUT2D eigenvalue weighted by Crippen LogP contribution is 2.47. The number of aliphatic hydroxyl groups is 1. The second-order valence-electron chi connectivity index (χ2n) is 23.3. The Kier molecular flexibility index (Phi) is 27.7. The van der Waals surface area contributed by atoms with Crippen molar-refractivity contribution in [3.8, 4) is 11.4 Å². The third-order valence-corrected chi connectivity index (χ3v) is 17.5. The minimum Gasteiger partial charge on any atom is -0.458 e. The molecule has 1 aromatic carbocycles. The lowest BCUT2D eigenvalue weighted by Crippen LogP contribution is -2.54. The van der Waals surface area contributed by atoms with Crippen LogP contribution in [0.2, 0.25) is 0 Å². The second-order valence-corrected chi connectivity index (χ2v) is 24.2. The van der Waals surface area contributed by atoms with Gasteiger partial charge in [-0.05, 0) is 92.0 Å². The van der Waals surface area contributed by atoms with Gasteiger partial charge in [-0.3, -0.25) is 38.5 Å². The topological polar surface area (TPSA) is 364 Å². The number of nitrogens with two attached hydrogens (primary N) is 1. The highest BCUT2D eigenvalue weighted by atomic mass is 32.2. The molecule has 0 bridgehead atoms. The molecule has 0 unspecified atom stereocenters. The van der Waals surface area contributed by atoms with Crippen LogP contribution in [0.3, 0.4) is 0 Å². The van der Waals surface area contributed by atoms with Gasteiger partial charge in [-0.25, -0.2) is 14.6 Å². The quantitative estimate of drug-likeness (QED) is 0.0191. The van der Waals surface area contributed by atoms with E-state index in [9.17, 15) is 48.3 Å². The SMILES string of the molecule is CC[C@@]1(O)C(=O)OCc2c1cc1n(c2=O)Cc2c-1nc1ccc(NC(=O)[C@H](CCCNC(N)=O)NC(=O)[C@@H](NC(=O)CCOCCOCCOCCOCCOCCOCCOCCOCCNC(=O)C3CCC(CN4C(=O)C=CC4=O)CC3)C(C)C)c3c1c2C=CS3.